The maximum Gasteiger partial charge on any atom is 0.478 e. The maximum absolute atomic E-state index is 9.63. The van der Waals surface area contributed by atoms with Gasteiger partial charge in [-0.05, 0) is 0 Å². The zero-order valence-corrected chi connectivity index (χ0v) is 12.0. The summed E-state index contributed by atoms with van der Waals surface area (Å²) in [7, 11) is -10.1. The number of hydrogen-bond donors (Lipinski definition) is 4. The summed E-state index contributed by atoms with van der Waals surface area (Å²) >= 11 is 0. The molecule has 0 rings (SSSR count). The van der Waals surface area contributed by atoms with Gasteiger partial charge in [0.15, 0.2) is 0 Å². The van der Waals surface area contributed by atoms with Crippen LogP contribution in [0.15, 0.2) is 0 Å². The molecule has 0 bridgehead atoms. The molecule has 0 fully saturated rings. The summed E-state index contributed by atoms with van der Waals surface area (Å²) in [5, 5.41) is 0. The summed E-state index contributed by atoms with van der Waals surface area (Å²) in [4.78, 5) is 31.0. The predicted molar refractivity (Wildman–Crippen MR) is 36.7 cm³/mol. The van der Waals surface area contributed by atoms with E-state index < -0.39 is 15.6 Å². The molecule has 0 aromatic rings. The molecule has 0 spiro atoms. The molecule has 0 saturated heterocycles. The Bertz CT molecular complexity index is 157. The van der Waals surface area contributed by atoms with E-state index in [9.17, 15) is 9.13 Å². The first kappa shape index (κ1) is 19.1. The van der Waals surface area contributed by atoms with Crippen molar-refractivity contribution in [2.24, 2.45) is 0 Å². The first-order chi connectivity index (χ1) is 3.71. The van der Waals surface area contributed by atoms with Gasteiger partial charge in [-0.3, -0.25) is 0 Å². The van der Waals surface area contributed by atoms with Gasteiger partial charge in [0.1, 0.15) is 0 Å². The van der Waals surface area contributed by atoms with Crippen LogP contribution in [0.1, 0.15) is 0 Å². The summed E-state index contributed by atoms with van der Waals surface area (Å²) in [6.07, 6.45) is 0. The quantitative estimate of drug-likeness (QED) is 0.357. The summed E-state index contributed by atoms with van der Waals surface area (Å²) in [6.45, 7) is 0. The van der Waals surface area contributed by atoms with E-state index in [0.717, 1.165) is 0 Å². The third-order valence-corrected chi connectivity index (χ3v) is 1.91. The van der Waals surface area contributed by atoms with Gasteiger partial charge >= 0.3 is 15.6 Å². The largest absolute Gasteiger partial charge is 0.478 e. The minimum atomic E-state index is -5.05. The molecule has 0 aliphatic heterocycles. The van der Waals surface area contributed by atoms with Gasteiger partial charge in [-0.15, -0.1) is 0 Å². The second kappa shape index (κ2) is 6.89. The first-order valence-electron chi connectivity index (χ1n) is 1.53. The van der Waals surface area contributed by atoms with Crippen molar-refractivity contribution >= 4 is 84.2 Å². The monoisotopic (exact) mass is 290 g/mol. The van der Waals surface area contributed by atoms with E-state index in [2.05, 4.69) is 4.31 Å². The van der Waals surface area contributed by atoms with Crippen LogP contribution in [-0.4, -0.2) is 88.1 Å². The third-order valence-electron chi connectivity index (χ3n) is 0.213. The van der Waals surface area contributed by atoms with Gasteiger partial charge < -0.3 is 19.6 Å². The van der Waals surface area contributed by atoms with Crippen LogP contribution in [0.3, 0.4) is 0 Å². The van der Waals surface area contributed by atoms with Crippen molar-refractivity contribution in [1.82, 2.24) is 0 Å². The Labute approximate surface area is 115 Å². The molecule has 60 valence electrons. The van der Waals surface area contributed by atoms with Crippen LogP contribution in [0.4, 0.5) is 0 Å². The number of rotatable bonds is 2. The molecule has 0 heterocycles. The van der Waals surface area contributed by atoms with Gasteiger partial charge in [-0.2, -0.15) is 4.31 Å². The standard InChI is InChI=1S/Mg.H4O7P2.Sr/c;1-8(2,3)7-9(4,5)6;/h;(H2,1,2,3)(H2,4,5,6);. The van der Waals surface area contributed by atoms with Crippen molar-refractivity contribution in [3.8, 4) is 0 Å². The normalized spacial score (nSPS) is 11.3. The van der Waals surface area contributed by atoms with E-state index in [1.165, 1.54) is 0 Å². The Morgan fingerprint density at radius 2 is 1.09 bits per heavy atom. The summed E-state index contributed by atoms with van der Waals surface area (Å²) in [6, 6.07) is 0. The smallest absolute Gasteiger partial charge is 0.302 e. The van der Waals surface area contributed by atoms with E-state index in [0.29, 0.717) is 0 Å². The first-order valence-corrected chi connectivity index (χ1v) is 4.59. The molecule has 0 saturated carbocycles. The number of hydrogen-bond acceptors (Lipinski definition) is 3. The second-order valence-corrected chi connectivity index (χ2v) is 3.68. The van der Waals surface area contributed by atoms with Crippen LogP contribution in [0.5, 0.6) is 0 Å². The van der Waals surface area contributed by atoms with Crippen molar-refractivity contribution < 1.29 is 33.0 Å². The minimum Gasteiger partial charge on any atom is -0.302 e. The van der Waals surface area contributed by atoms with E-state index in [4.69, 9.17) is 19.6 Å². The van der Waals surface area contributed by atoms with Gasteiger partial charge in [0.05, 0.1) is 0 Å². The van der Waals surface area contributed by atoms with Crippen molar-refractivity contribution in [1.29, 1.82) is 0 Å². The molecular weight excluding hydrogens is 286 g/mol. The average molecular weight is 290 g/mol. The molecule has 0 aromatic carbocycles. The Kier molecular flexibility index (Phi) is 12.0. The Balaban J connectivity index is -0.000000320. The van der Waals surface area contributed by atoms with Crippen LogP contribution in [0, 0.1) is 0 Å². The van der Waals surface area contributed by atoms with E-state index in [-0.39, 0.29) is 68.5 Å². The zero-order chi connectivity index (χ0) is 7.71. The molecule has 11 heavy (non-hydrogen) atoms. The average Bonchev–Trinajstić information content (AvgIpc) is 1.14. The molecule has 0 aliphatic carbocycles. The summed E-state index contributed by atoms with van der Waals surface area (Å²) in [5.41, 5.74) is 0. The van der Waals surface area contributed by atoms with Gasteiger partial charge in [-0.25, -0.2) is 9.13 Å². The van der Waals surface area contributed by atoms with Crippen molar-refractivity contribution in [2.45, 2.75) is 0 Å². The molecule has 0 aromatic heterocycles. The molecule has 4 N–H and O–H groups in total. The van der Waals surface area contributed by atoms with E-state index in [1.54, 1.807) is 0 Å². The van der Waals surface area contributed by atoms with Crippen LogP contribution >= 0.6 is 15.6 Å². The van der Waals surface area contributed by atoms with Gasteiger partial charge in [0.25, 0.3) is 0 Å². The van der Waals surface area contributed by atoms with Crippen molar-refractivity contribution in [2.75, 3.05) is 0 Å². The fourth-order valence-corrected chi connectivity index (χ4v) is 1.25. The van der Waals surface area contributed by atoms with E-state index in [1.807, 2.05) is 0 Å². The van der Waals surface area contributed by atoms with Crippen LogP contribution in [0.2, 0.25) is 0 Å². The molecule has 4 radical (unpaired) electrons. The van der Waals surface area contributed by atoms with E-state index >= 15 is 0 Å². The van der Waals surface area contributed by atoms with Crippen molar-refractivity contribution in [3.05, 3.63) is 0 Å². The van der Waals surface area contributed by atoms with Gasteiger partial charge in [-0.1, -0.05) is 0 Å². The Hall–Kier alpha value is 2.51. The van der Waals surface area contributed by atoms with Gasteiger partial charge in [0, 0.05) is 68.5 Å². The number of phosphoric acid groups is 2. The molecule has 0 amide bonds. The molecular formula is H4MgO7P2Sr. The molecule has 7 nitrogen and oxygen atoms in total. The second-order valence-electron chi connectivity index (χ2n) is 1.06. The topological polar surface area (TPSA) is 124 Å². The van der Waals surface area contributed by atoms with Crippen molar-refractivity contribution in [3.63, 3.8) is 0 Å². The predicted octanol–water partition coefficient (Wildman–Crippen LogP) is -1.57. The van der Waals surface area contributed by atoms with Crippen LogP contribution in [0.25, 0.3) is 0 Å². The molecule has 0 atom stereocenters. The zero-order valence-electron chi connectivity index (χ0n) is 5.32. The molecule has 0 unspecified atom stereocenters. The Morgan fingerprint density at radius 3 is 1.09 bits per heavy atom. The SMILES string of the molecule is O=P(O)(O)OP(=O)(O)O.[Mg].[Sr]. The summed E-state index contributed by atoms with van der Waals surface area (Å²) in [5.74, 6) is 0. The fourth-order valence-electron chi connectivity index (χ4n) is 0.139. The van der Waals surface area contributed by atoms with Crippen LogP contribution in [-0.2, 0) is 13.4 Å². The summed E-state index contributed by atoms with van der Waals surface area (Å²) < 4.78 is 22.2. The van der Waals surface area contributed by atoms with Crippen LogP contribution < -0.4 is 0 Å². The third kappa shape index (κ3) is 19.1. The van der Waals surface area contributed by atoms with Gasteiger partial charge in [0.2, 0.25) is 0 Å². The maximum atomic E-state index is 9.63. The Morgan fingerprint density at radius 1 is 0.909 bits per heavy atom. The molecule has 11 heteroatoms. The fraction of sp³-hybridized carbons (Fsp3) is 0. The molecule has 0 aliphatic rings. The minimum absolute atomic E-state index is 0.